The van der Waals surface area contributed by atoms with Crippen LogP contribution in [0.1, 0.15) is 29.2 Å². The number of hydrogen-bond acceptors (Lipinski definition) is 4. The van der Waals surface area contributed by atoms with Gasteiger partial charge in [-0.15, -0.1) is 0 Å². The van der Waals surface area contributed by atoms with Gasteiger partial charge in [0.05, 0.1) is 13.2 Å². The molecule has 1 heterocycles. The third-order valence-electron chi connectivity index (χ3n) is 3.71. The van der Waals surface area contributed by atoms with Crippen LogP contribution in [0.2, 0.25) is 0 Å². The van der Waals surface area contributed by atoms with Crippen molar-refractivity contribution >= 4 is 21.7 Å². The van der Waals surface area contributed by atoms with Crippen LogP contribution in [0.3, 0.4) is 0 Å². The average Bonchev–Trinajstić information content (AvgIpc) is 2.92. The predicted molar refractivity (Wildman–Crippen MR) is 84.3 cm³/mol. The molecule has 0 amide bonds. The van der Waals surface area contributed by atoms with Crippen molar-refractivity contribution in [3.05, 3.63) is 51.5 Å². The smallest absolute Gasteiger partial charge is 0.233 e. The van der Waals surface area contributed by atoms with Gasteiger partial charge < -0.3 is 10.1 Å². The van der Waals surface area contributed by atoms with E-state index in [1.54, 1.807) is 6.07 Å². The number of rotatable bonds is 3. The molecule has 1 unspecified atom stereocenters. The van der Waals surface area contributed by atoms with Crippen molar-refractivity contribution in [3.63, 3.8) is 0 Å². The zero-order valence-corrected chi connectivity index (χ0v) is 13.1. The van der Waals surface area contributed by atoms with Crippen LogP contribution >= 0.6 is 15.9 Å². The standard InChI is InChI=1S/C16H14BrN3O/c1-21-16-10(9-18)5-8-15(20-16)19-14-7-6-11-12(14)3-2-4-13(11)17/h2-5,8,14H,6-7H2,1H3,(H,19,20). The van der Waals surface area contributed by atoms with Crippen molar-refractivity contribution in [2.24, 2.45) is 0 Å². The summed E-state index contributed by atoms with van der Waals surface area (Å²) in [4.78, 5) is 4.35. The maximum Gasteiger partial charge on any atom is 0.233 e. The summed E-state index contributed by atoms with van der Waals surface area (Å²) in [6.07, 6.45) is 2.07. The van der Waals surface area contributed by atoms with Gasteiger partial charge in [0.25, 0.3) is 0 Å². The highest BCUT2D eigenvalue weighted by Crippen LogP contribution is 2.37. The first-order valence-corrected chi connectivity index (χ1v) is 7.51. The molecule has 0 spiro atoms. The van der Waals surface area contributed by atoms with Crippen LogP contribution in [0.4, 0.5) is 5.82 Å². The molecule has 21 heavy (non-hydrogen) atoms. The number of aromatic nitrogens is 1. The first-order chi connectivity index (χ1) is 10.2. The van der Waals surface area contributed by atoms with Crippen molar-refractivity contribution in [2.75, 3.05) is 12.4 Å². The minimum Gasteiger partial charge on any atom is -0.480 e. The molecular formula is C16H14BrN3O. The second-order valence-electron chi connectivity index (χ2n) is 4.91. The minimum atomic E-state index is 0.239. The van der Waals surface area contributed by atoms with E-state index in [1.807, 2.05) is 6.07 Å². The second-order valence-corrected chi connectivity index (χ2v) is 5.76. The van der Waals surface area contributed by atoms with E-state index in [0.29, 0.717) is 11.4 Å². The Morgan fingerprint density at radius 2 is 2.24 bits per heavy atom. The van der Waals surface area contributed by atoms with Gasteiger partial charge in [-0.3, -0.25) is 0 Å². The van der Waals surface area contributed by atoms with E-state index < -0.39 is 0 Å². The lowest BCUT2D eigenvalue weighted by molar-refractivity contribution is 0.397. The molecule has 0 bridgehead atoms. The Morgan fingerprint density at radius 3 is 3.00 bits per heavy atom. The molecule has 0 saturated carbocycles. The van der Waals surface area contributed by atoms with Gasteiger partial charge in [-0.05, 0) is 42.2 Å². The maximum absolute atomic E-state index is 8.99. The predicted octanol–water partition coefficient (Wildman–Crippen LogP) is 3.82. The van der Waals surface area contributed by atoms with Crippen molar-refractivity contribution in [2.45, 2.75) is 18.9 Å². The zero-order chi connectivity index (χ0) is 14.8. The third-order valence-corrected chi connectivity index (χ3v) is 4.45. The SMILES string of the molecule is COc1nc(NC2CCc3c(Br)cccc32)ccc1C#N. The molecule has 1 aromatic heterocycles. The molecule has 1 atom stereocenters. The second kappa shape index (κ2) is 5.74. The van der Waals surface area contributed by atoms with E-state index in [-0.39, 0.29) is 6.04 Å². The van der Waals surface area contributed by atoms with Crippen molar-refractivity contribution in [1.29, 1.82) is 5.26 Å². The number of benzene rings is 1. The molecule has 0 fully saturated rings. The molecular weight excluding hydrogens is 330 g/mol. The number of methoxy groups -OCH3 is 1. The quantitative estimate of drug-likeness (QED) is 0.920. The van der Waals surface area contributed by atoms with E-state index in [2.05, 4.69) is 50.5 Å². The molecule has 5 heteroatoms. The minimum absolute atomic E-state index is 0.239. The van der Waals surface area contributed by atoms with E-state index in [9.17, 15) is 0 Å². The molecule has 1 aliphatic carbocycles. The normalized spacial score (nSPS) is 16.1. The molecule has 1 aliphatic rings. The molecule has 0 saturated heterocycles. The summed E-state index contributed by atoms with van der Waals surface area (Å²) in [7, 11) is 1.52. The molecule has 106 valence electrons. The summed E-state index contributed by atoms with van der Waals surface area (Å²) >= 11 is 3.60. The van der Waals surface area contributed by atoms with Crippen molar-refractivity contribution < 1.29 is 4.74 Å². The Bertz CT molecular complexity index is 724. The number of halogens is 1. The number of anilines is 1. The van der Waals surface area contributed by atoms with Gasteiger partial charge in [0, 0.05) is 4.47 Å². The molecule has 3 rings (SSSR count). The fourth-order valence-electron chi connectivity index (χ4n) is 2.70. The Hall–Kier alpha value is -2.06. The van der Waals surface area contributed by atoms with Gasteiger partial charge >= 0.3 is 0 Å². The van der Waals surface area contributed by atoms with Crippen LogP contribution in [0, 0.1) is 11.3 Å². The first-order valence-electron chi connectivity index (χ1n) is 6.72. The highest BCUT2D eigenvalue weighted by atomic mass is 79.9. The number of nitriles is 1. The summed E-state index contributed by atoms with van der Waals surface area (Å²) in [5.41, 5.74) is 3.10. The fourth-order valence-corrected chi connectivity index (χ4v) is 3.28. The monoisotopic (exact) mass is 343 g/mol. The summed E-state index contributed by atoms with van der Waals surface area (Å²) in [5.74, 6) is 1.08. The van der Waals surface area contributed by atoms with Crippen LogP contribution in [0.25, 0.3) is 0 Å². The summed E-state index contributed by atoms with van der Waals surface area (Å²) in [6.45, 7) is 0. The number of pyridine rings is 1. The maximum atomic E-state index is 8.99. The van der Waals surface area contributed by atoms with Gasteiger partial charge in [0.15, 0.2) is 0 Å². The van der Waals surface area contributed by atoms with Gasteiger partial charge in [-0.25, -0.2) is 0 Å². The van der Waals surface area contributed by atoms with E-state index in [0.717, 1.165) is 23.1 Å². The van der Waals surface area contributed by atoms with E-state index in [4.69, 9.17) is 10.00 Å². The van der Waals surface area contributed by atoms with Gasteiger partial charge in [0.1, 0.15) is 17.5 Å². The van der Waals surface area contributed by atoms with Crippen molar-refractivity contribution in [1.82, 2.24) is 4.98 Å². The van der Waals surface area contributed by atoms with Crippen LogP contribution in [-0.2, 0) is 6.42 Å². The van der Waals surface area contributed by atoms with Gasteiger partial charge in [-0.2, -0.15) is 10.2 Å². The van der Waals surface area contributed by atoms with Crippen LogP contribution in [0.15, 0.2) is 34.8 Å². The van der Waals surface area contributed by atoms with Crippen LogP contribution < -0.4 is 10.1 Å². The molecule has 0 aliphatic heterocycles. The summed E-state index contributed by atoms with van der Waals surface area (Å²) < 4.78 is 6.31. The zero-order valence-electron chi connectivity index (χ0n) is 11.6. The summed E-state index contributed by atoms with van der Waals surface area (Å²) in [6, 6.07) is 12.1. The number of fused-ring (bicyclic) bond motifs is 1. The van der Waals surface area contributed by atoms with Gasteiger partial charge in [-0.1, -0.05) is 28.1 Å². The fraction of sp³-hybridized carbons (Fsp3) is 0.250. The van der Waals surface area contributed by atoms with Crippen molar-refractivity contribution in [3.8, 4) is 11.9 Å². The highest BCUT2D eigenvalue weighted by Gasteiger charge is 2.24. The number of nitrogens with one attached hydrogen (secondary N) is 1. The lowest BCUT2D eigenvalue weighted by Gasteiger charge is -2.15. The lowest BCUT2D eigenvalue weighted by Crippen LogP contribution is -2.09. The highest BCUT2D eigenvalue weighted by molar-refractivity contribution is 9.10. The Kier molecular flexibility index (Phi) is 3.80. The largest absolute Gasteiger partial charge is 0.480 e. The van der Waals surface area contributed by atoms with Crippen LogP contribution in [-0.4, -0.2) is 12.1 Å². The number of hydrogen-bond donors (Lipinski definition) is 1. The van der Waals surface area contributed by atoms with E-state index in [1.165, 1.54) is 18.2 Å². The van der Waals surface area contributed by atoms with Crippen LogP contribution in [0.5, 0.6) is 5.88 Å². The Balaban J connectivity index is 1.87. The molecule has 1 aromatic carbocycles. The summed E-state index contributed by atoms with van der Waals surface area (Å²) in [5, 5.41) is 12.4. The first kappa shape index (κ1) is 13.9. The van der Waals surface area contributed by atoms with Gasteiger partial charge in [0.2, 0.25) is 5.88 Å². The van der Waals surface area contributed by atoms with E-state index >= 15 is 0 Å². The Labute approximate surface area is 131 Å². The molecule has 2 aromatic rings. The molecule has 4 nitrogen and oxygen atoms in total. The average molecular weight is 344 g/mol. The lowest BCUT2D eigenvalue weighted by atomic mass is 10.1. The third kappa shape index (κ3) is 2.59. The molecule has 1 N–H and O–H groups in total. The topological polar surface area (TPSA) is 57.9 Å². The number of ether oxygens (including phenoxy) is 1. The molecule has 0 radical (unpaired) electrons. The number of nitrogens with zero attached hydrogens (tertiary/aromatic N) is 2. The Morgan fingerprint density at radius 1 is 1.38 bits per heavy atom.